The highest BCUT2D eigenvalue weighted by molar-refractivity contribution is 6.04. The molecule has 0 unspecified atom stereocenters. The molecule has 0 aliphatic carbocycles. The Morgan fingerprint density at radius 3 is 2.53 bits per heavy atom. The minimum atomic E-state index is -0.782. The molecular formula is C20H25FN4O5. The van der Waals surface area contributed by atoms with Crippen molar-refractivity contribution in [2.75, 3.05) is 32.8 Å². The van der Waals surface area contributed by atoms with Gasteiger partial charge in [0.05, 0.1) is 13.2 Å². The average molecular weight is 420 g/mol. The minimum absolute atomic E-state index is 0.0251. The molecule has 9 nitrogen and oxygen atoms in total. The van der Waals surface area contributed by atoms with Gasteiger partial charge in [0, 0.05) is 32.6 Å². The molecule has 2 saturated heterocycles. The number of piperazine rings is 1. The Morgan fingerprint density at radius 2 is 1.87 bits per heavy atom. The molecule has 0 aromatic heterocycles. The van der Waals surface area contributed by atoms with E-state index in [9.17, 15) is 23.6 Å². The van der Waals surface area contributed by atoms with Crippen LogP contribution in [0.15, 0.2) is 24.3 Å². The topological polar surface area (TPSA) is 99.3 Å². The summed E-state index contributed by atoms with van der Waals surface area (Å²) in [6.07, 6.45) is -0.104. The first-order valence-corrected chi connectivity index (χ1v) is 9.95. The molecule has 1 N–H and O–H groups in total. The van der Waals surface area contributed by atoms with Crippen LogP contribution in [0.25, 0.3) is 0 Å². The van der Waals surface area contributed by atoms with E-state index in [1.165, 1.54) is 18.2 Å². The summed E-state index contributed by atoms with van der Waals surface area (Å²) >= 11 is 0. The summed E-state index contributed by atoms with van der Waals surface area (Å²) < 4.78 is 18.3. The Morgan fingerprint density at radius 1 is 1.17 bits per heavy atom. The molecule has 1 aromatic carbocycles. The third-order valence-corrected chi connectivity index (χ3v) is 5.14. The smallest absolute Gasteiger partial charge is 0.409 e. The molecule has 5 amide bonds. The van der Waals surface area contributed by atoms with E-state index < -0.39 is 23.8 Å². The lowest BCUT2D eigenvalue weighted by atomic mass is 10.1. The van der Waals surface area contributed by atoms with Crippen LogP contribution in [0.2, 0.25) is 0 Å². The lowest BCUT2D eigenvalue weighted by molar-refractivity contribution is -0.133. The highest BCUT2D eigenvalue weighted by atomic mass is 19.1. The van der Waals surface area contributed by atoms with Gasteiger partial charge in [-0.3, -0.25) is 14.5 Å². The van der Waals surface area contributed by atoms with E-state index in [1.54, 1.807) is 22.8 Å². The van der Waals surface area contributed by atoms with Crippen molar-refractivity contribution in [1.29, 1.82) is 0 Å². The summed E-state index contributed by atoms with van der Waals surface area (Å²) in [7, 11) is 0. The zero-order chi connectivity index (χ0) is 21.7. The maximum absolute atomic E-state index is 13.3. The third kappa shape index (κ3) is 5.05. The Bertz CT molecular complexity index is 825. The molecule has 2 fully saturated rings. The number of benzene rings is 1. The largest absolute Gasteiger partial charge is 0.450 e. The number of carbonyl (C=O) groups is 4. The molecule has 1 aromatic rings. The number of carbonyl (C=O) groups excluding carboxylic acids is 4. The molecule has 0 spiro atoms. The summed E-state index contributed by atoms with van der Waals surface area (Å²) in [5.41, 5.74) is 0.509. The van der Waals surface area contributed by atoms with Crippen molar-refractivity contribution in [3.8, 4) is 0 Å². The predicted octanol–water partition coefficient (Wildman–Crippen LogP) is 1.33. The second-order valence-electron chi connectivity index (χ2n) is 7.16. The fourth-order valence-corrected chi connectivity index (χ4v) is 3.52. The molecule has 2 heterocycles. The van der Waals surface area contributed by atoms with Crippen LogP contribution in [-0.4, -0.2) is 77.5 Å². The Balaban J connectivity index is 1.47. The first kappa shape index (κ1) is 21.5. The van der Waals surface area contributed by atoms with Crippen LogP contribution >= 0.6 is 0 Å². The normalized spacial score (nSPS) is 19.1. The van der Waals surface area contributed by atoms with Gasteiger partial charge in [-0.05, 0) is 31.0 Å². The van der Waals surface area contributed by atoms with Gasteiger partial charge in [0.25, 0.3) is 5.91 Å². The van der Waals surface area contributed by atoms with E-state index in [4.69, 9.17) is 4.74 Å². The predicted molar refractivity (Wildman–Crippen MR) is 104 cm³/mol. The molecular weight excluding hydrogens is 395 g/mol. The van der Waals surface area contributed by atoms with Gasteiger partial charge >= 0.3 is 12.1 Å². The van der Waals surface area contributed by atoms with Gasteiger partial charge in [-0.25, -0.2) is 14.0 Å². The zero-order valence-corrected chi connectivity index (χ0v) is 16.8. The average Bonchev–Trinajstić information content (AvgIpc) is 3.00. The fourth-order valence-electron chi connectivity index (χ4n) is 3.52. The van der Waals surface area contributed by atoms with E-state index in [1.807, 2.05) is 0 Å². The van der Waals surface area contributed by atoms with E-state index in [0.29, 0.717) is 38.3 Å². The van der Waals surface area contributed by atoms with Crippen LogP contribution in [0, 0.1) is 5.82 Å². The zero-order valence-electron chi connectivity index (χ0n) is 16.8. The number of rotatable bonds is 6. The Kier molecular flexibility index (Phi) is 6.86. The number of imide groups is 1. The van der Waals surface area contributed by atoms with Crippen molar-refractivity contribution in [2.24, 2.45) is 0 Å². The van der Waals surface area contributed by atoms with Gasteiger partial charge in [0.2, 0.25) is 5.91 Å². The van der Waals surface area contributed by atoms with Crippen LogP contribution < -0.4 is 5.32 Å². The van der Waals surface area contributed by atoms with Crippen LogP contribution in [0.4, 0.5) is 14.0 Å². The van der Waals surface area contributed by atoms with E-state index in [-0.39, 0.29) is 31.4 Å². The molecule has 1 atom stereocenters. The molecule has 0 saturated carbocycles. The molecule has 0 radical (unpaired) electrons. The summed E-state index contributed by atoms with van der Waals surface area (Å²) in [4.78, 5) is 53.1. The standard InChI is InChI=1S/C20H25FN4O5/c1-2-30-20(29)24-10-8-23(9-11-24)17(26)7-6-16-18(27)25(19(28)22-16)13-14-4-3-5-15(21)12-14/h3-5,12,16H,2,6-11,13H2,1H3,(H,22,28)/t16-/m0/s1. The quantitative estimate of drug-likeness (QED) is 0.700. The van der Waals surface area contributed by atoms with Gasteiger partial charge in [-0.15, -0.1) is 0 Å². The van der Waals surface area contributed by atoms with Gasteiger partial charge in [0.15, 0.2) is 0 Å². The highest BCUT2D eigenvalue weighted by Gasteiger charge is 2.38. The van der Waals surface area contributed by atoms with Crippen LogP contribution in [0.5, 0.6) is 0 Å². The summed E-state index contributed by atoms with van der Waals surface area (Å²) in [6, 6.07) is 4.38. The first-order chi connectivity index (χ1) is 14.4. The van der Waals surface area contributed by atoms with Gasteiger partial charge in [-0.2, -0.15) is 0 Å². The number of ether oxygens (including phenoxy) is 1. The highest BCUT2D eigenvalue weighted by Crippen LogP contribution is 2.17. The van der Waals surface area contributed by atoms with Crippen LogP contribution in [0.3, 0.4) is 0 Å². The van der Waals surface area contributed by atoms with Crippen LogP contribution in [0.1, 0.15) is 25.3 Å². The lowest BCUT2D eigenvalue weighted by Crippen LogP contribution is -2.50. The Labute approximate surface area is 173 Å². The molecule has 10 heteroatoms. The van der Waals surface area contributed by atoms with E-state index in [0.717, 1.165) is 4.90 Å². The van der Waals surface area contributed by atoms with Gasteiger partial charge in [0.1, 0.15) is 11.9 Å². The van der Waals surface area contributed by atoms with Crippen molar-refractivity contribution < 1.29 is 28.3 Å². The minimum Gasteiger partial charge on any atom is -0.450 e. The van der Waals surface area contributed by atoms with Crippen LogP contribution in [-0.2, 0) is 20.9 Å². The molecule has 30 heavy (non-hydrogen) atoms. The molecule has 3 rings (SSSR count). The summed E-state index contributed by atoms with van der Waals surface area (Å²) in [6.45, 7) is 3.59. The number of halogens is 1. The van der Waals surface area contributed by atoms with Crippen molar-refractivity contribution in [1.82, 2.24) is 20.0 Å². The van der Waals surface area contributed by atoms with Crippen molar-refractivity contribution in [3.63, 3.8) is 0 Å². The van der Waals surface area contributed by atoms with E-state index >= 15 is 0 Å². The van der Waals surface area contributed by atoms with Crippen molar-refractivity contribution in [3.05, 3.63) is 35.6 Å². The summed E-state index contributed by atoms with van der Waals surface area (Å²) in [5, 5.41) is 2.59. The third-order valence-electron chi connectivity index (χ3n) is 5.14. The number of urea groups is 1. The molecule has 0 bridgehead atoms. The maximum Gasteiger partial charge on any atom is 0.409 e. The second-order valence-corrected chi connectivity index (χ2v) is 7.16. The SMILES string of the molecule is CCOC(=O)N1CCN(C(=O)CC[C@@H]2NC(=O)N(Cc3cccc(F)c3)C2=O)CC1. The molecule has 2 aliphatic heterocycles. The second kappa shape index (κ2) is 9.55. The monoisotopic (exact) mass is 420 g/mol. The lowest BCUT2D eigenvalue weighted by Gasteiger charge is -2.34. The van der Waals surface area contributed by atoms with Crippen molar-refractivity contribution >= 4 is 23.9 Å². The van der Waals surface area contributed by atoms with Gasteiger partial charge in [-0.1, -0.05) is 12.1 Å². The van der Waals surface area contributed by atoms with Crippen molar-refractivity contribution in [2.45, 2.75) is 32.4 Å². The maximum atomic E-state index is 13.3. The number of hydrogen-bond acceptors (Lipinski definition) is 5. The van der Waals surface area contributed by atoms with E-state index in [2.05, 4.69) is 5.32 Å². The number of nitrogens with zero attached hydrogens (tertiary/aromatic N) is 3. The Hall–Kier alpha value is -3.17. The summed E-state index contributed by atoms with van der Waals surface area (Å²) in [5.74, 6) is -1.00. The number of hydrogen-bond donors (Lipinski definition) is 1. The fraction of sp³-hybridized carbons (Fsp3) is 0.500. The number of amides is 5. The first-order valence-electron chi connectivity index (χ1n) is 9.95. The molecule has 162 valence electrons. The van der Waals surface area contributed by atoms with Gasteiger partial charge < -0.3 is 19.9 Å². The number of nitrogens with one attached hydrogen (secondary N) is 1. The molecule has 2 aliphatic rings.